The van der Waals surface area contributed by atoms with Crippen LogP contribution in [0, 0.1) is 11.7 Å². The van der Waals surface area contributed by atoms with Crippen molar-refractivity contribution in [2.75, 3.05) is 7.05 Å². The van der Waals surface area contributed by atoms with E-state index in [4.69, 9.17) is 11.6 Å². The van der Waals surface area contributed by atoms with E-state index >= 15 is 0 Å². The lowest BCUT2D eigenvalue weighted by atomic mass is 9.90. The molecule has 0 bridgehead atoms. The van der Waals surface area contributed by atoms with Crippen LogP contribution < -0.4 is 5.32 Å². The zero-order valence-corrected chi connectivity index (χ0v) is 10.8. The summed E-state index contributed by atoms with van der Waals surface area (Å²) in [5.74, 6) is 0.202. The largest absolute Gasteiger partial charge is 0.317 e. The van der Waals surface area contributed by atoms with Gasteiger partial charge in [-0.3, -0.25) is 0 Å². The van der Waals surface area contributed by atoms with Gasteiger partial charge in [0.25, 0.3) is 0 Å². The highest BCUT2D eigenvalue weighted by Gasteiger charge is 2.17. The first-order valence-corrected chi connectivity index (χ1v) is 6.08. The summed E-state index contributed by atoms with van der Waals surface area (Å²) in [6.45, 7) is 4.23. The molecule has 0 amide bonds. The molecule has 1 aromatic rings. The van der Waals surface area contributed by atoms with Crippen LogP contribution >= 0.6 is 11.6 Å². The average molecular weight is 244 g/mol. The van der Waals surface area contributed by atoms with Crippen molar-refractivity contribution in [1.29, 1.82) is 0 Å². The third kappa shape index (κ3) is 3.19. The standard InChI is InChI=1S/C13H19ClFN/c1-4-10(9(2)16-3)8-11-12(14)6-5-7-13(11)15/h5-7,9-10,16H,4,8H2,1-3H3. The Labute approximate surface area is 102 Å². The Morgan fingerprint density at radius 3 is 2.62 bits per heavy atom. The van der Waals surface area contributed by atoms with Gasteiger partial charge in [-0.2, -0.15) is 0 Å². The molecule has 0 aliphatic carbocycles. The third-order valence-electron chi connectivity index (χ3n) is 3.21. The second-order valence-corrected chi connectivity index (χ2v) is 4.56. The second kappa shape index (κ2) is 6.21. The van der Waals surface area contributed by atoms with E-state index in [9.17, 15) is 4.39 Å². The van der Waals surface area contributed by atoms with Gasteiger partial charge < -0.3 is 5.32 Å². The number of nitrogens with one attached hydrogen (secondary N) is 1. The minimum atomic E-state index is -0.200. The molecule has 1 aromatic carbocycles. The number of benzene rings is 1. The van der Waals surface area contributed by atoms with Crippen molar-refractivity contribution < 1.29 is 4.39 Å². The molecule has 2 atom stereocenters. The summed E-state index contributed by atoms with van der Waals surface area (Å²) in [5, 5.41) is 3.74. The molecule has 1 rings (SSSR count). The van der Waals surface area contributed by atoms with Crippen molar-refractivity contribution >= 4 is 11.6 Å². The summed E-state index contributed by atoms with van der Waals surface area (Å²) < 4.78 is 13.6. The molecule has 0 saturated heterocycles. The van der Waals surface area contributed by atoms with E-state index < -0.39 is 0 Å². The highest BCUT2D eigenvalue weighted by atomic mass is 35.5. The lowest BCUT2D eigenvalue weighted by Gasteiger charge is -2.22. The van der Waals surface area contributed by atoms with Gasteiger partial charge >= 0.3 is 0 Å². The summed E-state index contributed by atoms with van der Waals surface area (Å²) in [6, 6.07) is 5.22. The van der Waals surface area contributed by atoms with Gasteiger partial charge in [0.1, 0.15) is 5.82 Å². The number of rotatable bonds is 5. The van der Waals surface area contributed by atoms with Crippen LogP contribution in [-0.2, 0) is 6.42 Å². The number of halogens is 2. The molecule has 0 saturated carbocycles. The predicted octanol–water partition coefficient (Wildman–Crippen LogP) is 3.66. The molecular weight excluding hydrogens is 225 g/mol. The fraction of sp³-hybridized carbons (Fsp3) is 0.538. The van der Waals surface area contributed by atoms with Gasteiger partial charge in [-0.05, 0) is 38.4 Å². The molecule has 16 heavy (non-hydrogen) atoms. The van der Waals surface area contributed by atoms with Gasteiger partial charge in [-0.15, -0.1) is 0 Å². The first-order valence-electron chi connectivity index (χ1n) is 5.70. The van der Waals surface area contributed by atoms with Crippen LogP contribution in [0.1, 0.15) is 25.8 Å². The smallest absolute Gasteiger partial charge is 0.127 e. The summed E-state index contributed by atoms with van der Waals surface area (Å²) in [7, 11) is 1.93. The Hall–Kier alpha value is -0.600. The summed E-state index contributed by atoms with van der Waals surface area (Å²) >= 11 is 6.02. The van der Waals surface area contributed by atoms with E-state index in [0.717, 1.165) is 6.42 Å². The van der Waals surface area contributed by atoms with E-state index in [0.29, 0.717) is 29.0 Å². The highest BCUT2D eigenvalue weighted by Crippen LogP contribution is 2.24. The van der Waals surface area contributed by atoms with Crippen LogP contribution in [0.4, 0.5) is 4.39 Å². The molecule has 0 spiro atoms. The fourth-order valence-electron chi connectivity index (χ4n) is 1.90. The minimum absolute atomic E-state index is 0.200. The molecule has 2 unspecified atom stereocenters. The van der Waals surface area contributed by atoms with Crippen molar-refractivity contribution in [2.24, 2.45) is 5.92 Å². The van der Waals surface area contributed by atoms with E-state index in [1.165, 1.54) is 6.07 Å². The quantitative estimate of drug-likeness (QED) is 0.832. The van der Waals surface area contributed by atoms with Crippen molar-refractivity contribution in [3.63, 3.8) is 0 Å². The van der Waals surface area contributed by atoms with Gasteiger partial charge in [0, 0.05) is 16.6 Å². The van der Waals surface area contributed by atoms with Gasteiger partial charge in [0.15, 0.2) is 0 Å². The molecule has 0 aliphatic rings. The summed E-state index contributed by atoms with van der Waals surface area (Å²) in [5.41, 5.74) is 0.637. The topological polar surface area (TPSA) is 12.0 Å². The maximum absolute atomic E-state index is 13.6. The van der Waals surface area contributed by atoms with E-state index in [1.807, 2.05) is 7.05 Å². The van der Waals surface area contributed by atoms with Crippen LogP contribution in [0.25, 0.3) is 0 Å². The lowest BCUT2D eigenvalue weighted by molar-refractivity contribution is 0.376. The molecule has 1 N–H and O–H groups in total. The molecule has 3 heteroatoms. The minimum Gasteiger partial charge on any atom is -0.317 e. The van der Waals surface area contributed by atoms with Gasteiger partial charge in [-0.1, -0.05) is 31.0 Å². The highest BCUT2D eigenvalue weighted by molar-refractivity contribution is 6.31. The van der Waals surface area contributed by atoms with Crippen molar-refractivity contribution in [2.45, 2.75) is 32.7 Å². The van der Waals surface area contributed by atoms with E-state index in [1.54, 1.807) is 12.1 Å². The Morgan fingerprint density at radius 2 is 2.12 bits per heavy atom. The van der Waals surface area contributed by atoms with Crippen LogP contribution in [0.15, 0.2) is 18.2 Å². The van der Waals surface area contributed by atoms with Gasteiger partial charge in [0.05, 0.1) is 0 Å². The maximum Gasteiger partial charge on any atom is 0.127 e. The summed E-state index contributed by atoms with van der Waals surface area (Å²) in [6.07, 6.45) is 1.69. The van der Waals surface area contributed by atoms with Crippen molar-refractivity contribution in [3.05, 3.63) is 34.6 Å². The molecule has 0 heterocycles. The third-order valence-corrected chi connectivity index (χ3v) is 3.57. The predicted molar refractivity (Wildman–Crippen MR) is 67.4 cm³/mol. The number of hydrogen-bond acceptors (Lipinski definition) is 1. The molecule has 90 valence electrons. The first-order chi connectivity index (χ1) is 7.60. The van der Waals surface area contributed by atoms with E-state index in [2.05, 4.69) is 19.2 Å². The summed E-state index contributed by atoms with van der Waals surface area (Å²) in [4.78, 5) is 0. The molecule has 1 nitrogen and oxygen atoms in total. The molecule has 0 aliphatic heterocycles. The molecule has 0 aromatic heterocycles. The maximum atomic E-state index is 13.6. The number of hydrogen-bond donors (Lipinski definition) is 1. The zero-order valence-electron chi connectivity index (χ0n) is 10.1. The van der Waals surface area contributed by atoms with Crippen LogP contribution in [0.2, 0.25) is 5.02 Å². The molecule has 0 fully saturated rings. The Morgan fingerprint density at radius 1 is 1.44 bits per heavy atom. The lowest BCUT2D eigenvalue weighted by Crippen LogP contribution is -2.31. The SMILES string of the molecule is CCC(Cc1c(F)cccc1Cl)C(C)NC. The van der Waals surface area contributed by atoms with Gasteiger partial charge in [-0.25, -0.2) is 4.39 Å². The Balaban J connectivity index is 2.85. The van der Waals surface area contributed by atoms with Crippen LogP contribution in [-0.4, -0.2) is 13.1 Å². The van der Waals surface area contributed by atoms with Crippen LogP contribution in [0.5, 0.6) is 0 Å². The van der Waals surface area contributed by atoms with Gasteiger partial charge in [0.2, 0.25) is 0 Å². The zero-order chi connectivity index (χ0) is 12.1. The van der Waals surface area contributed by atoms with Crippen LogP contribution in [0.3, 0.4) is 0 Å². The normalized spacial score (nSPS) is 14.8. The first kappa shape index (κ1) is 13.5. The Kier molecular flexibility index (Phi) is 5.23. The van der Waals surface area contributed by atoms with Crippen molar-refractivity contribution in [3.8, 4) is 0 Å². The second-order valence-electron chi connectivity index (χ2n) is 4.15. The molecular formula is C13H19ClFN. The van der Waals surface area contributed by atoms with Crippen molar-refractivity contribution in [1.82, 2.24) is 5.32 Å². The monoisotopic (exact) mass is 243 g/mol. The average Bonchev–Trinajstić information content (AvgIpc) is 2.28. The Bertz CT molecular complexity index is 320. The molecule has 0 radical (unpaired) electrons. The fourth-order valence-corrected chi connectivity index (χ4v) is 2.14. The van der Waals surface area contributed by atoms with E-state index in [-0.39, 0.29) is 5.82 Å².